The van der Waals surface area contributed by atoms with Gasteiger partial charge in [0, 0.05) is 23.7 Å². The highest BCUT2D eigenvalue weighted by molar-refractivity contribution is 7.21. The maximum atomic E-state index is 13.3. The molecule has 1 atom stereocenters. The number of piperidine rings is 1. The maximum absolute atomic E-state index is 13.3. The largest absolute Gasteiger partial charge is 0.336 e. The second-order valence-corrected chi connectivity index (χ2v) is 7.58. The van der Waals surface area contributed by atoms with Gasteiger partial charge in [-0.2, -0.15) is 0 Å². The number of thiazole rings is 1. The fourth-order valence-corrected chi connectivity index (χ4v) is 4.34. The Morgan fingerprint density at radius 2 is 2.00 bits per heavy atom. The molecule has 0 bridgehead atoms. The lowest BCUT2D eigenvalue weighted by Crippen LogP contribution is -2.41. The molecule has 1 aliphatic rings. The van der Waals surface area contributed by atoms with Crippen molar-refractivity contribution in [3.63, 3.8) is 0 Å². The molecule has 0 aliphatic carbocycles. The number of aromatic nitrogens is 1. The molecule has 0 radical (unpaired) electrons. The van der Waals surface area contributed by atoms with E-state index in [0.717, 1.165) is 40.2 Å². The van der Waals surface area contributed by atoms with E-state index in [-0.39, 0.29) is 11.7 Å². The Morgan fingerprint density at radius 3 is 2.76 bits per heavy atom. The van der Waals surface area contributed by atoms with Crippen LogP contribution in [0.4, 0.5) is 4.39 Å². The lowest BCUT2D eigenvalue weighted by Gasteiger charge is -2.33. The molecule has 4 rings (SSSR count). The molecule has 128 valence electrons. The molecule has 1 amide bonds. The molecule has 1 fully saturated rings. The SMILES string of the molecule is C[C@H]1CCCCN1C(=O)c1ccc(-c2nc3ccc(F)cc3s2)cc1. The van der Waals surface area contributed by atoms with Crippen molar-refractivity contribution in [1.82, 2.24) is 9.88 Å². The van der Waals surface area contributed by atoms with Gasteiger partial charge in [-0.25, -0.2) is 9.37 Å². The van der Waals surface area contributed by atoms with Gasteiger partial charge < -0.3 is 4.90 Å². The second-order valence-electron chi connectivity index (χ2n) is 6.55. The molecule has 3 nitrogen and oxygen atoms in total. The number of amides is 1. The van der Waals surface area contributed by atoms with Crippen LogP contribution >= 0.6 is 11.3 Å². The zero-order valence-corrected chi connectivity index (χ0v) is 14.9. The summed E-state index contributed by atoms with van der Waals surface area (Å²) < 4.78 is 14.2. The number of halogens is 1. The first-order valence-electron chi connectivity index (χ1n) is 8.59. The first-order chi connectivity index (χ1) is 12.1. The fraction of sp³-hybridized carbons (Fsp3) is 0.300. The third-order valence-electron chi connectivity index (χ3n) is 4.79. The molecule has 1 aliphatic heterocycles. The lowest BCUT2D eigenvalue weighted by atomic mass is 10.0. The fourth-order valence-electron chi connectivity index (χ4n) is 3.34. The summed E-state index contributed by atoms with van der Waals surface area (Å²) in [6.45, 7) is 2.96. The normalized spacial score (nSPS) is 17.8. The minimum absolute atomic E-state index is 0.102. The molecule has 2 heterocycles. The highest BCUT2D eigenvalue weighted by atomic mass is 32.1. The van der Waals surface area contributed by atoms with Gasteiger partial charge in [-0.05, 0) is 56.5 Å². The molecule has 3 aromatic rings. The van der Waals surface area contributed by atoms with Crippen molar-refractivity contribution >= 4 is 27.5 Å². The van der Waals surface area contributed by atoms with Crippen molar-refractivity contribution in [2.24, 2.45) is 0 Å². The van der Waals surface area contributed by atoms with Crippen molar-refractivity contribution < 1.29 is 9.18 Å². The summed E-state index contributed by atoms with van der Waals surface area (Å²) >= 11 is 1.46. The van der Waals surface area contributed by atoms with E-state index in [1.165, 1.54) is 29.9 Å². The van der Waals surface area contributed by atoms with Crippen molar-refractivity contribution in [3.05, 3.63) is 53.8 Å². The lowest BCUT2D eigenvalue weighted by molar-refractivity contribution is 0.0635. The molecule has 0 saturated carbocycles. The number of carbonyl (C=O) groups excluding carboxylic acids is 1. The van der Waals surface area contributed by atoms with Crippen LogP contribution in [0.2, 0.25) is 0 Å². The Morgan fingerprint density at radius 1 is 1.20 bits per heavy atom. The summed E-state index contributed by atoms with van der Waals surface area (Å²) in [7, 11) is 0. The van der Waals surface area contributed by atoms with Gasteiger partial charge in [-0.3, -0.25) is 4.79 Å². The molecule has 25 heavy (non-hydrogen) atoms. The van der Waals surface area contributed by atoms with Crippen LogP contribution in [-0.4, -0.2) is 28.4 Å². The summed E-state index contributed by atoms with van der Waals surface area (Å²) in [4.78, 5) is 19.2. The van der Waals surface area contributed by atoms with Crippen LogP contribution in [0.3, 0.4) is 0 Å². The minimum atomic E-state index is -0.251. The summed E-state index contributed by atoms with van der Waals surface area (Å²) in [5.74, 6) is -0.149. The van der Waals surface area contributed by atoms with Gasteiger partial charge in [0.25, 0.3) is 5.91 Å². The average Bonchev–Trinajstić information content (AvgIpc) is 3.05. The van der Waals surface area contributed by atoms with E-state index < -0.39 is 0 Å². The maximum Gasteiger partial charge on any atom is 0.254 e. The van der Waals surface area contributed by atoms with Gasteiger partial charge in [0.2, 0.25) is 0 Å². The van der Waals surface area contributed by atoms with Gasteiger partial charge in [-0.1, -0.05) is 12.1 Å². The Labute approximate surface area is 150 Å². The van der Waals surface area contributed by atoms with E-state index in [0.29, 0.717) is 11.6 Å². The summed E-state index contributed by atoms with van der Waals surface area (Å²) in [5.41, 5.74) is 2.46. The molecule has 5 heteroatoms. The standard InChI is InChI=1S/C20H19FN2OS/c1-13-4-2-3-11-23(13)20(24)15-7-5-14(6-8-15)19-22-17-10-9-16(21)12-18(17)25-19/h5-10,12-13H,2-4,11H2,1H3/t13-/m0/s1. The predicted octanol–water partition coefficient (Wildman–Crippen LogP) is 5.12. The molecule has 0 unspecified atom stereocenters. The van der Waals surface area contributed by atoms with E-state index in [9.17, 15) is 9.18 Å². The quantitative estimate of drug-likeness (QED) is 0.640. The number of hydrogen-bond acceptors (Lipinski definition) is 3. The number of rotatable bonds is 2. The van der Waals surface area contributed by atoms with Crippen LogP contribution < -0.4 is 0 Å². The van der Waals surface area contributed by atoms with Crippen molar-refractivity contribution in [2.45, 2.75) is 32.2 Å². The summed E-state index contributed by atoms with van der Waals surface area (Å²) in [6.07, 6.45) is 3.35. The van der Waals surface area contributed by atoms with Crippen molar-refractivity contribution in [2.75, 3.05) is 6.54 Å². The molecular formula is C20H19FN2OS. The van der Waals surface area contributed by atoms with Crippen LogP contribution in [0.15, 0.2) is 42.5 Å². The highest BCUT2D eigenvalue weighted by Gasteiger charge is 2.24. The molecule has 2 aromatic carbocycles. The molecule has 1 saturated heterocycles. The molecule has 0 N–H and O–H groups in total. The second kappa shape index (κ2) is 6.56. The van der Waals surface area contributed by atoms with Crippen LogP contribution in [0.1, 0.15) is 36.5 Å². The summed E-state index contributed by atoms with van der Waals surface area (Å²) in [6, 6.07) is 12.5. The minimum Gasteiger partial charge on any atom is -0.336 e. The monoisotopic (exact) mass is 354 g/mol. The van der Waals surface area contributed by atoms with Crippen molar-refractivity contribution in [1.29, 1.82) is 0 Å². The topological polar surface area (TPSA) is 33.2 Å². The summed E-state index contributed by atoms with van der Waals surface area (Å²) in [5, 5.41) is 0.839. The van der Waals surface area contributed by atoms with E-state index in [2.05, 4.69) is 11.9 Å². The van der Waals surface area contributed by atoms with E-state index in [1.807, 2.05) is 29.2 Å². The Bertz CT molecular complexity index is 919. The van der Waals surface area contributed by atoms with Gasteiger partial charge in [0.05, 0.1) is 10.2 Å². The van der Waals surface area contributed by atoms with Crippen LogP contribution in [0.25, 0.3) is 20.8 Å². The third-order valence-corrected chi connectivity index (χ3v) is 5.86. The third kappa shape index (κ3) is 3.16. The van der Waals surface area contributed by atoms with Crippen LogP contribution in [0, 0.1) is 5.82 Å². The van der Waals surface area contributed by atoms with Gasteiger partial charge in [-0.15, -0.1) is 11.3 Å². The van der Waals surface area contributed by atoms with Crippen molar-refractivity contribution in [3.8, 4) is 10.6 Å². The van der Waals surface area contributed by atoms with E-state index in [4.69, 9.17) is 0 Å². The number of fused-ring (bicyclic) bond motifs is 1. The molecular weight excluding hydrogens is 335 g/mol. The number of likely N-dealkylation sites (tertiary alicyclic amines) is 1. The zero-order chi connectivity index (χ0) is 17.4. The average molecular weight is 354 g/mol. The van der Waals surface area contributed by atoms with Gasteiger partial charge >= 0.3 is 0 Å². The van der Waals surface area contributed by atoms with Crippen LogP contribution in [0.5, 0.6) is 0 Å². The number of benzene rings is 2. The van der Waals surface area contributed by atoms with Gasteiger partial charge in [0.1, 0.15) is 10.8 Å². The molecule has 0 spiro atoms. The number of carbonyl (C=O) groups is 1. The zero-order valence-electron chi connectivity index (χ0n) is 14.0. The Hall–Kier alpha value is -2.27. The molecule has 1 aromatic heterocycles. The first-order valence-corrected chi connectivity index (χ1v) is 9.41. The van der Waals surface area contributed by atoms with Crippen LogP contribution in [-0.2, 0) is 0 Å². The van der Waals surface area contributed by atoms with E-state index in [1.54, 1.807) is 6.07 Å². The first kappa shape index (κ1) is 16.2. The highest BCUT2D eigenvalue weighted by Crippen LogP contribution is 2.31. The Balaban J connectivity index is 1.59. The Kier molecular flexibility index (Phi) is 4.25. The number of nitrogens with zero attached hydrogens (tertiary/aromatic N) is 2. The predicted molar refractivity (Wildman–Crippen MR) is 99.4 cm³/mol. The smallest absolute Gasteiger partial charge is 0.254 e. The number of hydrogen-bond donors (Lipinski definition) is 0. The van der Waals surface area contributed by atoms with Gasteiger partial charge in [0.15, 0.2) is 0 Å². The van der Waals surface area contributed by atoms with E-state index >= 15 is 0 Å².